The van der Waals surface area contributed by atoms with Crippen molar-refractivity contribution in [1.29, 1.82) is 0 Å². The largest absolute Gasteiger partial charge is 0.359 e. The lowest BCUT2D eigenvalue weighted by Gasteiger charge is -2.15. The number of halogens is 1. The second kappa shape index (κ2) is 4.78. The molecule has 2 amide bonds. The lowest BCUT2D eigenvalue weighted by atomic mass is 10.1. The second-order valence-corrected chi connectivity index (χ2v) is 4.31. The van der Waals surface area contributed by atoms with E-state index in [0.29, 0.717) is 16.3 Å². The SMILES string of the molecule is CNC(=O)CCN1C(=O)C(=O)c2cc(Cl)ccc21. The summed E-state index contributed by atoms with van der Waals surface area (Å²) < 4.78 is 0. The third-order valence-corrected chi connectivity index (χ3v) is 3.01. The van der Waals surface area contributed by atoms with Gasteiger partial charge in [-0.25, -0.2) is 0 Å². The summed E-state index contributed by atoms with van der Waals surface area (Å²) in [7, 11) is 1.52. The van der Waals surface area contributed by atoms with Crippen LogP contribution < -0.4 is 10.2 Å². The zero-order valence-corrected chi connectivity index (χ0v) is 10.5. The first-order valence-electron chi connectivity index (χ1n) is 5.41. The van der Waals surface area contributed by atoms with Crippen molar-refractivity contribution in [2.75, 3.05) is 18.5 Å². The molecule has 2 rings (SSSR count). The van der Waals surface area contributed by atoms with Crippen molar-refractivity contribution in [3.8, 4) is 0 Å². The molecule has 6 heteroatoms. The summed E-state index contributed by atoms with van der Waals surface area (Å²) >= 11 is 5.79. The molecule has 18 heavy (non-hydrogen) atoms. The number of ketones is 1. The minimum atomic E-state index is -0.615. The van der Waals surface area contributed by atoms with Crippen molar-refractivity contribution in [3.05, 3.63) is 28.8 Å². The first-order chi connectivity index (χ1) is 8.54. The van der Waals surface area contributed by atoms with Gasteiger partial charge in [0.15, 0.2) is 0 Å². The smallest absolute Gasteiger partial charge is 0.299 e. The molecule has 1 N–H and O–H groups in total. The van der Waals surface area contributed by atoms with E-state index in [0.717, 1.165) is 0 Å². The van der Waals surface area contributed by atoms with Gasteiger partial charge in [-0.3, -0.25) is 14.4 Å². The highest BCUT2D eigenvalue weighted by Gasteiger charge is 2.35. The van der Waals surface area contributed by atoms with Crippen molar-refractivity contribution in [2.24, 2.45) is 0 Å². The topological polar surface area (TPSA) is 66.5 Å². The highest BCUT2D eigenvalue weighted by atomic mass is 35.5. The number of carbonyl (C=O) groups is 3. The molecule has 1 aliphatic heterocycles. The summed E-state index contributed by atoms with van der Waals surface area (Å²) in [6, 6.07) is 4.69. The first-order valence-corrected chi connectivity index (χ1v) is 5.78. The summed E-state index contributed by atoms with van der Waals surface area (Å²) in [6.07, 6.45) is 0.150. The van der Waals surface area contributed by atoms with Crippen molar-refractivity contribution in [2.45, 2.75) is 6.42 Å². The van der Waals surface area contributed by atoms with Gasteiger partial charge >= 0.3 is 0 Å². The number of nitrogens with one attached hydrogen (secondary N) is 1. The van der Waals surface area contributed by atoms with Gasteiger partial charge in [0.2, 0.25) is 5.91 Å². The number of carbonyl (C=O) groups excluding carboxylic acids is 3. The molecular formula is C12H11ClN2O3. The molecule has 1 aliphatic rings. The standard InChI is InChI=1S/C12H11ClN2O3/c1-14-10(16)4-5-15-9-3-2-7(13)6-8(9)11(17)12(15)18/h2-3,6H,4-5H2,1H3,(H,14,16). The Hall–Kier alpha value is -1.88. The lowest BCUT2D eigenvalue weighted by Crippen LogP contribution is -2.33. The molecule has 0 bridgehead atoms. The van der Waals surface area contributed by atoms with E-state index in [1.54, 1.807) is 12.1 Å². The molecule has 0 spiro atoms. The maximum Gasteiger partial charge on any atom is 0.299 e. The van der Waals surface area contributed by atoms with Crippen LogP contribution >= 0.6 is 11.6 Å². The Morgan fingerprint density at radius 3 is 2.78 bits per heavy atom. The number of hydrogen-bond donors (Lipinski definition) is 1. The van der Waals surface area contributed by atoms with E-state index >= 15 is 0 Å². The minimum absolute atomic E-state index is 0.150. The fraction of sp³-hybridized carbons (Fsp3) is 0.250. The third kappa shape index (κ3) is 2.09. The Kier molecular flexibility index (Phi) is 3.34. The number of anilines is 1. The second-order valence-electron chi connectivity index (χ2n) is 3.87. The van der Waals surface area contributed by atoms with Gasteiger partial charge < -0.3 is 10.2 Å². The van der Waals surface area contributed by atoms with E-state index in [2.05, 4.69) is 5.32 Å². The maximum atomic E-state index is 11.8. The van der Waals surface area contributed by atoms with E-state index in [1.165, 1.54) is 18.0 Å². The minimum Gasteiger partial charge on any atom is -0.359 e. The quantitative estimate of drug-likeness (QED) is 0.830. The maximum absolute atomic E-state index is 11.8. The van der Waals surface area contributed by atoms with Crippen LogP contribution in [-0.2, 0) is 9.59 Å². The van der Waals surface area contributed by atoms with Crippen molar-refractivity contribution in [1.82, 2.24) is 5.32 Å². The summed E-state index contributed by atoms with van der Waals surface area (Å²) in [4.78, 5) is 36.0. The van der Waals surface area contributed by atoms with Crippen LogP contribution in [0.15, 0.2) is 18.2 Å². The number of hydrogen-bond acceptors (Lipinski definition) is 3. The van der Waals surface area contributed by atoms with Crippen molar-refractivity contribution >= 4 is 34.9 Å². The first kappa shape index (κ1) is 12.6. The molecule has 5 nitrogen and oxygen atoms in total. The molecule has 0 fully saturated rings. The zero-order chi connectivity index (χ0) is 13.3. The van der Waals surface area contributed by atoms with E-state index in [4.69, 9.17) is 11.6 Å². The monoisotopic (exact) mass is 266 g/mol. The number of rotatable bonds is 3. The predicted octanol–water partition coefficient (Wildman–Crippen LogP) is 1.01. The molecule has 0 aromatic heterocycles. The van der Waals surface area contributed by atoms with Crippen LogP contribution in [0.5, 0.6) is 0 Å². The van der Waals surface area contributed by atoms with Gasteiger partial charge in [-0.2, -0.15) is 0 Å². The van der Waals surface area contributed by atoms with Crippen LogP contribution in [-0.4, -0.2) is 31.2 Å². The van der Waals surface area contributed by atoms with E-state index in [-0.39, 0.29) is 18.9 Å². The Morgan fingerprint density at radius 2 is 2.11 bits per heavy atom. The van der Waals surface area contributed by atoms with Gasteiger partial charge in [-0.1, -0.05) is 11.6 Å². The highest BCUT2D eigenvalue weighted by Crippen LogP contribution is 2.31. The van der Waals surface area contributed by atoms with Gasteiger partial charge in [0.1, 0.15) is 0 Å². The van der Waals surface area contributed by atoms with Crippen molar-refractivity contribution < 1.29 is 14.4 Å². The fourth-order valence-electron chi connectivity index (χ4n) is 1.83. The van der Waals surface area contributed by atoms with Crippen LogP contribution in [0, 0.1) is 0 Å². The number of Topliss-reactive ketones (excluding diaryl/α,β-unsaturated/α-hetero) is 1. The molecule has 94 valence electrons. The Morgan fingerprint density at radius 1 is 1.39 bits per heavy atom. The molecule has 0 unspecified atom stereocenters. The molecule has 0 radical (unpaired) electrons. The van der Waals surface area contributed by atoms with Crippen molar-refractivity contribution in [3.63, 3.8) is 0 Å². The van der Waals surface area contributed by atoms with Gasteiger partial charge in [0, 0.05) is 25.0 Å². The molecule has 0 saturated carbocycles. The summed E-state index contributed by atoms with van der Waals surface area (Å²) in [5.41, 5.74) is 0.808. The van der Waals surface area contributed by atoms with E-state index in [1.807, 2.05) is 0 Å². The summed E-state index contributed by atoms with van der Waals surface area (Å²) in [5, 5.41) is 2.87. The van der Waals surface area contributed by atoms with Crippen LogP contribution in [0.3, 0.4) is 0 Å². The molecular weight excluding hydrogens is 256 g/mol. The highest BCUT2D eigenvalue weighted by molar-refractivity contribution is 6.52. The fourth-order valence-corrected chi connectivity index (χ4v) is 2.01. The normalized spacial score (nSPS) is 13.8. The summed E-state index contributed by atoms with van der Waals surface area (Å²) in [6.45, 7) is 0.179. The van der Waals surface area contributed by atoms with Gasteiger partial charge in [0.25, 0.3) is 11.7 Å². The average molecular weight is 267 g/mol. The average Bonchev–Trinajstić information content (AvgIpc) is 2.60. The number of fused-ring (bicyclic) bond motifs is 1. The van der Waals surface area contributed by atoms with Gasteiger partial charge in [-0.05, 0) is 18.2 Å². The molecule has 0 saturated heterocycles. The summed E-state index contributed by atoms with van der Waals surface area (Å²) in [5.74, 6) is -1.38. The van der Waals surface area contributed by atoms with Crippen LogP contribution in [0.25, 0.3) is 0 Å². The Bertz CT molecular complexity index is 542. The van der Waals surface area contributed by atoms with Crippen LogP contribution in [0.1, 0.15) is 16.8 Å². The third-order valence-electron chi connectivity index (χ3n) is 2.77. The van der Waals surface area contributed by atoms with E-state index < -0.39 is 11.7 Å². The van der Waals surface area contributed by atoms with Crippen LogP contribution in [0.4, 0.5) is 5.69 Å². The van der Waals surface area contributed by atoms with Crippen LogP contribution in [0.2, 0.25) is 5.02 Å². The predicted molar refractivity (Wildman–Crippen MR) is 66.8 cm³/mol. The number of amides is 2. The number of nitrogens with zero attached hydrogens (tertiary/aromatic N) is 1. The Labute approximate surface area is 109 Å². The molecule has 1 heterocycles. The molecule has 1 aromatic carbocycles. The molecule has 1 aromatic rings. The Balaban J connectivity index is 2.26. The molecule has 0 atom stereocenters. The van der Waals surface area contributed by atoms with Gasteiger partial charge in [-0.15, -0.1) is 0 Å². The van der Waals surface area contributed by atoms with Gasteiger partial charge in [0.05, 0.1) is 11.3 Å². The number of benzene rings is 1. The zero-order valence-electron chi connectivity index (χ0n) is 9.70. The van der Waals surface area contributed by atoms with E-state index in [9.17, 15) is 14.4 Å². The molecule has 0 aliphatic carbocycles. The lowest BCUT2D eigenvalue weighted by molar-refractivity contribution is -0.120.